The van der Waals surface area contributed by atoms with Crippen molar-refractivity contribution in [3.63, 3.8) is 0 Å². The maximum Gasteiger partial charge on any atom is 0.175 e. The number of anilines is 1. The molecule has 3 rings (SSSR count). The standard InChI is InChI=1S/C17H22N2O/c18-17-16(14-9-5-2-6-10-14)15(20-19-17)12-11-13-7-3-1-4-8-13/h2,5-6,9-10,13H,1,3-4,7-8,11-12H2,(H2,18,19). The summed E-state index contributed by atoms with van der Waals surface area (Å²) in [7, 11) is 0. The van der Waals surface area contributed by atoms with Gasteiger partial charge in [-0.25, -0.2) is 0 Å². The molecule has 1 heterocycles. The smallest absolute Gasteiger partial charge is 0.175 e. The van der Waals surface area contributed by atoms with Crippen LogP contribution in [0.1, 0.15) is 44.3 Å². The van der Waals surface area contributed by atoms with Gasteiger partial charge in [0, 0.05) is 6.42 Å². The van der Waals surface area contributed by atoms with Crippen molar-refractivity contribution in [3.05, 3.63) is 36.1 Å². The Morgan fingerprint density at radius 3 is 2.60 bits per heavy atom. The molecule has 0 atom stereocenters. The van der Waals surface area contributed by atoms with Gasteiger partial charge in [0.25, 0.3) is 0 Å². The zero-order chi connectivity index (χ0) is 13.8. The van der Waals surface area contributed by atoms with E-state index in [1.165, 1.54) is 38.5 Å². The lowest BCUT2D eigenvalue weighted by Gasteiger charge is -2.20. The van der Waals surface area contributed by atoms with Crippen LogP contribution in [0.2, 0.25) is 0 Å². The van der Waals surface area contributed by atoms with Crippen LogP contribution in [-0.4, -0.2) is 5.16 Å². The van der Waals surface area contributed by atoms with E-state index in [4.69, 9.17) is 10.3 Å². The van der Waals surface area contributed by atoms with Crippen molar-refractivity contribution in [3.8, 4) is 11.1 Å². The molecule has 0 aliphatic heterocycles. The summed E-state index contributed by atoms with van der Waals surface area (Å²) in [4.78, 5) is 0. The van der Waals surface area contributed by atoms with E-state index in [0.717, 1.165) is 29.2 Å². The van der Waals surface area contributed by atoms with E-state index in [-0.39, 0.29) is 0 Å². The molecule has 106 valence electrons. The summed E-state index contributed by atoms with van der Waals surface area (Å²) in [5.74, 6) is 2.30. The SMILES string of the molecule is Nc1noc(CCC2CCCCC2)c1-c1ccccc1. The van der Waals surface area contributed by atoms with Crippen LogP contribution in [0.4, 0.5) is 5.82 Å². The van der Waals surface area contributed by atoms with Crippen LogP contribution in [0.15, 0.2) is 34.9 Å². The number of hydrogen-bond donors (Lipinski definition) is 1. The second-order valence-electron chi connectivity index (χ2n) is 5.77. The fourth-order valence-electron chi connectivity index (χ4n) is 3.23. The van der Waals surface area contributed by atoms with Gasteiger partial charge >= 0.3 is 0 Å². The zero-order valence-corrected chi connectivity index (χ0v) is 11.8. The van der Waals surface area contributed by atoms with E-state index in [9.17, 15) is 0 Å². The topological polar surface area (TPSA) is 52.0 Å². The second-order valence-corrected chi connectivity index (χ2v) is 5.77. The number of benzene rings is 1. The van der Waals surface area contributed by atoms with E-state index in [1.807, 2.05) is 18.2 Å². The molecule has 1 fully saturated rings. The van der Waals surface area contributed by atoms with E-state index >= 15 is 0 Å². The van der Waals surface area contributed by atoms with Crippen molar-refractivity contribution in [2.75, 3.05) is 5.73 Å². The molecule has 3 nitrogen and oxygen atoms in total. The Kier molecular flexibility index (Phi) is 4.05. The molecule has 0 radical (unpaired) electrons. The maximum absolute atomic E-state index is 5.98. The molecule has 1 aromatic heterocycles. The van der Waals surface area contributed by atoms with E-state index in [1.54, 1.807) is 0 Å². The highest BCUT2D eigenvalue weighted by Gasteiger charge is 2.18. The number of aryl methyl sites for hydroxylation is 1. The Morgan fingerprint density at radius 2 is 1.85 bits per heavy atom. The van der Waals surface area contributed by atoms with Crippen molar-refractivity contribution in [1.82, 2.24) is 5.16 Å². The summed E-state index contributed by atoms with van der Waals surface area (Å²) in [5.41, 5.74) is 8.07. The predicted octanol–water partition coefficient (Wildman–Crippen LogP) is 4.44. The first-order chi connectivity index (χ1) is 9.84. The molecule has 20 heavy (non-hydrogen) atoms. The van der Waals surface area contributed by atoms with Crippen molar-refractivity contribution in [1.29, 1.82) is 0 Å². The highest BCUT2D eigenvalue weighted by Crippen LogP contribution is 2.33. The number of aromatic nitrogens is 1. The monoisotopic (exact) mass is 270 g/mol. The van der Waals surface area contributed by atoms with Crippen LogP contribution in [0, 0.1) is 5.92 Å². The van der Waals surface area contributed by atoms with Gasteiger partial charge < -0.3 is 10.3 Å². The lowest BCUT2D eigenvalue weighted by Crippen LogP contribution is -2.07. The number of nitrogen functional groups attached to an aromatic ring is 1. The molecule has 2 N–H and O–H groups in total. The molecule has 0 amide bonds. The molecule has 1 aromatic carbocycles. The van der Waals surface area contributed by atoms with Gasteiger partial charge in [0.2, 0.25) is 0 Å². The number of nitrogens with two attached hydrogens (primary N) is 1. The third-order valence-corrected chi connectivity index (χ3v) is 4.36. The Morgan fingerprint density at radius 1 is 1.10 bits per heavy atom. The van der Waals surface area contributed by atoms with Crippen molar-refractivity contribution in [2.24, 2.45) is 5.92 Å². The summed E-state index contributed by atoms with van der Waals surface area (Å²) in [6.07, 6.45) is 9.03. The minimum atomic E-state index is 0.509. The summed E-state index contributed by atoms with van der Waals surface area (Å²) in [5, 5.41) is 3.96. The molecular formula is C17H22N2O. The number of rotatable bonds is 4. The van der Waals surface area contributed by atoms with Crippen molar-refractivity contribution < 1.29 is 4.52 Å². The molecule has 0 bridgehead atoms. The fourth-order valence-corrected chi connectivity index (χ4v) is 3.23. The third kappa shape index (κ3) is 2.87. The molecule has 0 saturated heterocycles. The molecule has 1 aliphatic carbocycles. The molecule has 2 aromatic rings. The van der Waals surface area contributed by atoms with Gasteiger partial charge in [-0.05, 0) is 17.9 Å². The lowest BCUT2D eigenvalue weighted by molar-refractivity contribution is 0.318. The van der Waals surface area contributed by atoms with Crippen LogP contribution in [-0.2, 0) is 6.42 Å². The second kappa shape index (κ2) is 6.12. The quantitative estimate of drug-likeness (QED) is 0.893. The fraction of sp³-hybridized carbons (Fsp3) is 0.471. The van der Waals surface area contributed by atoms with E-state index in [0.29, 0.717) is 5.82 Å². The average molecular weight is 270 g/mol. The molecule has 1 aliphatic rings. The van der Waals surface area contributed by atoms with Gasteiger partial charge in [-0.15, -0.1) is 0 Å². The van der Waals surface area contributed by atoms with Crippen LogP contribution < -0.4 is 5.73 Å². The maximum atomic E-state index is 5.98. The third-order valence-electron chi connectivity index (χ3n) is 4.36. The molecular weight excluding hydrogens is 248 g/mol. The highest BCUT2D eigenvalue weighted by atomic mass is 16.5. The van der Waals surface area contributed by atoms with Crippen LogP contribution >= 0.6 is 0 Å². The largest absolute Gasteiger partial charge is 0.380 e. The first-order valence-corrected chi connectivity index (χ1v) is 7.64. The summed E-state index contributed by atoms with van der Waals surface area (Å²) in [6.45, 7) is 0. The molecule has 0 unspecified atom stereocenters. The number of hydrogen-bond acceptors (Lipinski definition) is 3. The van der Waals surface area contributed by atoms with Crippen molar-refractivity contribution in [2.45, 2.75) is 44.9 Å². The summed E-state index contributed by atoms with van der Waals surface area (Å²) >= 11 is 0. The predicted molar refractivity (Wildman–Crippen MR) is 81.2 cm³/mol. The summed E-state index contributed by atoms with van der Waals surface area (Å²) < 4.78 is 5.47. The lowest BCUT2D eigenvalue weighted by atomic mass is 9.85. The summed E-state index contributed by atoms with van der Waals surface area (Å²) in [6, 6.07) is 10.2. The minimum Gasteiger partial charge on any atom is -0.380 e. The highest BCUT2D eigenvalue weighted by molar-refractivity contribution is 5.75. The first-order valence-electron chi connectivity index (χ1n) is 7.64. The Hall–Kier alpha value is -1.77. The number of nitrogens with zero attached hydrogens (tertiary/aromatic N) is 1. The Bertz CT molecular complexity index is 541. The van der Waals surface area contributed by atoms with Crippen LogP contribution in [0.5, 0.6) is 0 Å². The Balaban J connectivity index is 1.74. The molecule has 3 heteroatoms. The van der Waals surface area contributed by atoms with Crippen LogP contribution in [0.25, 0.3) is 11.1 Å². The van der Waals surface area contributed by atoms with Gasteiger partial charge in [0.15, 0.2) is 5.82 Å². The van der Waals surface area contributed by atoms with Gasteiger partial charge in [0.1, 0.15) is 5.76 Å². The molecule has 0 spiro atoms. The van der Waals surface area contributed by atoms with Crippen LogP contribution in [0.3, 0.4) is 0 Å². The minimum absolute atomic E-state index is 0.509. The van der Waals surface area contributed by atoms with Crippen molar-refractivity contribution >= 4 is 5.82 Å². The van der Waals surface area contributed by atoms with Gasteiger partial charge in [0.05, 0.1) is 5.56 Å². The Labute approximate surface area is 120 Å². The van der Waals surface area contributed by atoms with Gasteiger partial charge in [-0.3, -0.25) is 0 Å². The van der Waals surface area contributed by atoms with E-state index in [2.05, 4.69) is 17.3 Å². The molecule has 1 saturated carbocycles. The van der Waals surface area contributed by atoms with E-state index < -0.39 is 0 Å². The first kappa shape index (κ1) is 13.2. The average Bonchev–Trinajstić information content (AvgIpc) is 2.88. The van der Waals surface area contributed by atoms with Gasteiger partial charge in [-0.1, -0.05) is 67.6 Å². The zero-order valence-electron chi connectivity index (χ0n) is 11.8. The van der Waals surface area contributed by atoms with Gasteiger partial charge in [-0.2, -0.15) is 0 Å². The normalized spacial score (nSPS) is 16.4.